The molecule has 0 bridgehead atoms. The number of ether oxygens (including phenoxy) is 1. The molecule has 132 valence electrons. The van der Waals surface area contributed by atoms with Gasteiger partial charge in [-0.05, 0) is 67.8 Å². The zero-order valence-corrected chi connectivity index (χ0v) is 15.2. The lowest BCUT2D eigenvalue weighted by molar-refractivity contribution is -0.128. The molecule has 2 aliphatic rings. The number of aryl methyl sites for hydroxylation is 1. The van der Waals surface area contributed by atoms with Crippen molar-refractivity contribution in [3.63, 3.8) is 0 Å². The maximum absolute atomic E-state index is 13.8. The summed E-state index contributed by atoms with van der Waals surface area (Å²) in [5.74, 6) is -0.0990. The number of anilines is 1. The van der Waals surface area contributed by atoms with Crippen LogP contribution in [0.1, 0.15) is 36.6 Å². The van der Waals surface area contributed by atoms with Crippen molar-refractivity contribution in [3.05, 3.63) is 52.0 Å². The second kappa shape index (κ2) is 6.54. The number of thiophene rings is 1. The van der Waals surface area contributed by atoms with Crippen molar-refractivity contribution in [1.82, 2.24) is 0 Å². The van der Waals surface area contributed by atoms with Gasteiger partial charge in [-0.2, -0.15) is 0 Å². The number of fused-ring (bicyclic) bond motifs is 1. The van der Waals surface area contributed by atoms with Crippen LogP contribution in [0.2, 0.25) is 0 Å². The monoisotopic (exact) mass is 359 g/mol. The fraction of sp³-hybridized carbons (Fsp3) is 0.450. The van der Waals surface area contributed by atoms with Gasteiger partial charge in [0.05, 0.1) is 5.41 Å². The lowest BCUT2D eigenvalue weighted by Gasteiger charge is -2.43. The minimum atomic E-state index is -0.524. The zero-order chi connectivity index (χ0) is 17.4. The molecule has 1 unspecified atom stereocenters. The van der Waals surface area contributed by atoms with Crippen molar-refractivity contribution in [1.29, 1.82) is 0 Å². The van der Waals surface area contributed by atoms with Crippen LogP contribution in [0.3, 0.4) is 0 Å². The van der Waals surface area contributed by atoms with Gasteiger partial charge in [0.15, 0.2) is 0 Å². The second-order valence-electron chi connectivity index (χ2n) is 7.01. The Morgan fingerprint density at radius 3 is 2.84 bits per heavy atom. The highest BCUT2D eigenvalue weighted by Gasteiger charge is 2.47. The molecular weight excluding hydrogens is 337 g/mol. The SMILES string of the molecule is CC1CCc2cc(F)ccc2N1C(=O)C1(c2cccs2)CCOCC1. The van der Waals surface area contributed by atoms with Gasteiger partial charge in [-0.1, -0.05) is 6.07 Å². The second-order valence-corrected chi connectivity index (χ2v) is 7.96. The van der Waals surface area contributed by atoms with E-state index in [-0.39, 0.29) is 17.8 Å². The Labute approximate surface area is 151 Å². The Kier molecular flexibility index (Phi) is 4.38. The number of hydrogen-bond acceptors (Lipinski definition) is 3. The van der Waals surface area contributed by atoms with Crippen LogP contribution in [-0.2, 0) is 21.4 Å². The summed E-state index contributed by atoms with van der Waals surface area (Å²) in [6, 6.07) is 8.98. The van der Waals surface area contributed by atoms with Gasteiger partial charge in [-0.15, -0.1) is 11.3 Å². The Morgan fingerprint density at radius 1 is 1.32 bits per heavy atom. The molecular formula is C20H22FNO2S. The summed E-state index contributed by atoms with van der Waals surface area (Å²) in [7, 11) is 0. The van der Waals surface area contributed by atoms with E-state index in [0.717, 1.165) is 29.0 Å². The third kappa shape index (κ3) is 2.79. The van der Waals surface area contributed by atoms with Crippen LogP contribution in [0.25, 0.3) is 0 Å². The maximum Gasteiger partial charge on any atom is 0.238 e. The van der Waals surface area contributed by atoms with Gasteiger partial charge < -0.3 is 9.64 Å². The molecule has 0 N–H and O–H groups in total. The van der Waals surface area contributed by atoms with Crippen LogP contribution in [0.4, 0.5) is 10.1 Å². The van der Waals surface area contributed by atoms with E-state index < -0.39 is 5.41 Å². The summed E-state index contributed by atoms with van der Waals surface area (Å²) in [6.07, 6.45) is 3.07. The number of rotatable bonds is 2. The molecule has 25 heavy (non-hydrogen) atoms. The molecule has 0 aliphatic carbocycles. The Balaban J connectivity index is 1.78. The van der Waals surface area contributed by atoms with E-state index in [1.165, 1.54) is 6.07 Å². The van der Waals surface area contributed by atoms with Crippen LogP contribution >= 0.6 is 11.3 Å². The van der Waals surface area contributed by atoms with Gasteiger partial charge in [0.2, 0.25) is 5.91 Å². The van der Waals surface area contributed by atoms with Gasteiger partial charge in [0.25, 0.3) is 0 Å². The van der Waals surface area contributed by atoms with Gasteiger partial charge in [-0.25, -0.2) is 4.39 Å². The molecule has 0 radical (unpaired) electrons. The Hall–Kier alpha value is -1.72. The highest BCUT2D eigenvalue weighted by atomic mass is 32.1. The Bertz CT molecular complexity index is 768. The number of nitrogens with zero attached hydrogens (tertiary/aromatic N) is 1. The zero-order valence-electron chi connectivity index (χ0n) is 14.3. The molecule has 1 saturated heterocycles. The number of halogens is 1. The van der Waals surface area contributed by atoms with Crippen LogP contribution < -0.4 is 4.90 Å². The molecule has 0 saturated carbocycles. The van der Waals surface area contributed by atoms with Crippen molar-refractivity contribution < 1.29 is 13.9 Å². The molecule has 0 spiro atoms. The summed E-state index contributed by atoms with van der Waals surface area (Å²) < 4.78 is 19.2. The van der Waals surface area contributed by atoms with E-state index >= 15 is 0 Å². The minimum Gasteiger partial charge on any atom is -0.381 e. The smallest absolute Gasteiger partial charge is 0.238 e. The van der Waals surface area contributed by atoms with E-state index in [1.54, 1.807) is 23.5 Å². The van der Waals surface area contributed by atoms with E-state index in [0.29, 0.717) is 26.1 Å². The van der Waals surface area contributed by atoms with E-state index in [4.69, 9.17) is 4.74 Å². The molecule has 2 aliphatic heterocycles. The average molecular weight is 359 g/mol. The van der Waals surface area contributed by atoms with Crippen molar-refractivity contribution in [2.75, 3.05) is 18.1 Å². The van der Waals surface area contributed by atoms with Crippen LogP contribution in [-0.4, -0.2) is 25.2 Å². The molecule has 1 atom stereocenters. The average Bonchev–Trinajstić information content (AvgIpc) is 3.17. The summed E-state index contributed by atoms with van der Waals surface area (Å²) in [6.45, 7) is 3.29. The fourth-order valence-electron chi connectivity index (χ4n) is 4.10. The summed E-state index contributed by atoms with van der Waals surface area (Å²) in [5, 5.41) is 2.03. The third-order valence-electron chi connectivity index (χ3n) is 5.54. The van der Waals surface area contributed by atoms with Gasteiger partial charge in [0, 0.05) is 29.8 Å². The molecule has 1 fully saturated rings. The first-order chi connectivity index (χ1) is 12.1. The predicted molar refractivity (Wildman–Crippen MR) is 97.7 cm³/mol. The number of carbonyl (C=O) groups excluding carboxylic acids is 1. The quantitative estimate of drug-likeness (QED) is 0.800. The highest BCUT2D eigenvalue weighted by molar-refractivity contribution is 7.10. The topological polar surface area (TPSA) is 29.5 Å². The summed E-state index contributed by atoms with van der Waals surface area (Å²) in [5.41, 5.74) is 1.27. The first-order valence-corrected chi connectivity index (χ1v) is 9.73. The number of amides is 1. The van der Waals surface area contributed by atoms with Gasteiger partial charge in [-0.3, -0.25) is 4.79 Å². The third-order valence-corrected chi connectivity index (χ3v) is 6.61. The molecule has 1 aromatic carbocycles. The first kappa shape index (κ1) is 16.7. The minimum absolute atomic E-state index is 0.116. The molecule has 2 aromatic rings. The normalized spacial score (nSPS) is 22.5. The fourth-order valence-corrected chi connectivity index (χ4v) is 5.07. The number of hydrogen-bond donors (Lipinski definition) is 0. The predicted octanol–water partition coefficient (Wildman–Crippen LogP) is 4.30. The van der Waals surface area contributed by atoms with Gasteiger partial charge in [0.1, 0.15) is 5.82 Å². The summed E-state index contributed by atoms with van der Waals surface area (Å²) in [4.78, 5) is 16.8. The highest BCUT2D eigenvalue weighted by Crippen LogP contribution is 2.42. The lowest BCUT2D eigenvalue weighted by Crippen LogP contribution is -2.54. The standard InChI is InChI=1S/C20H22FNO2S/c1-14-4-5-15-13-16(21)6-7-17(15)22(14)19(23)20(8-10-24-11-9-20)18-3-2-12-25-18/h2-3,6-7,12-14H,4-5,8-11H2,1H3. The van der Waals surface area contributed by atoms with Crippen molar-refractivity contribution in [3.8, 4) is 0 Å². The van der Waals surface area contributed by atoms with E-state index in [2.05, 4.69) is 13.0 Å². The van der Waals surface area contributed by atoms with Crippen molar-refractivity contribution in [2.24, 2.45) is 0 Å². The maximum atomic E-state index is 13.8. The van der Waals surface area contributed by atoms with Crippen molar-refractivity contribution >= 4 is 22.9 Å². The van der Waals surface area contributed by atoms with E-state index in [1.807, 2.05) is 16.3 Å². The van der Waals surface area contributed by atoms with Crippen LogP contribution in [0.5, 0.6) is 0 Å². The molecule has 3 nitrogen and oxygen atoms in total. The van der Waals surface area contributed by atoms with Crippen LogP contribution in [0.15, 0.2) is 35.7 Å². The largest absolute Gasteiger partial charge is 0.381 e. The molecule has 1 amide bonds. The number of benzene rings is 1. The summed E-state index contributed by atoms with van der Waals surface area (Å²) >= 11 is 1.64. The van der Waals surface area contributed by atoms with E-state index in [9.17, 15) is 9.18 Å². The first-order valence-electron chi connectivity index (χ1n) is 8.86. The lowest BCUT2D eigenvalue weighted by atomic mass is 9.76. The van der Waals surface area contributed by atoms with Crippen molar-refractivity contribution in [2.45, 2.75) is 44.1 Å². The Morgan fingerprint density at radius 2 is 2.12 bits per heavy atom. The van der Waals surface area contributed by atoms with Crippen LogP contribution in [0, 0.1) is 5.82 Å². The van der Waals surface area contributed by atoms with Gasteiger partial charge >= 0.3 is 0 Å². The molecule has 5 heteroatoms. The molecule has 1 aromatic heterocycles. The number of carbonyl (C=O) groups is 1. The molecule has 4 rings (SSSR count). The molecule has 3 heterocycles.